The average Bonchev–Trinajstić information content (AvgIpc) is 2.57. The maximum Gasteiger partial charge on any atom is 0.419 e. The number of carbonyl (C=O) groups excluding carboxylic acids is 1. The van der Waals surface area contributed by atoms with Gasteiger partial charge in [0, 0.05) is 17.3 Å². The fourth-order valence-electron chi connectivity index (χ4n) is 2.91. The number of hydrogen-bond donors (Lipinski definition) is 2. The Morgan fingerprint density at radius 1 is 1.24 bits per heavy atom. The van der Waals surface area contributed by atoms with Crippen LogP contribution in [0.25, 0.3) is 11.3 Å². The lowest BCUT2D eigenvalue weighted by Crippen LogP contribution is -2.43. The molecule has 1 atom stereocenters. The van der Waals surface area contributed by atoms with Gasteiger partial charge in [-0.05, 0) is 43.5 Å². The first-order valence-electron chi connectivity index (χ1n) is 8.81. The van der Waals surface area contributed by atoms with Crippen LogP contribution < -0.4 is 20.9 Å². The van der Waals surface area contributed by atoms with E-state index in [0.29, 0.717) is 6.42 Å². The lowest BCUT2D eigenvalue weighted by molar-refractivity contribution is -0.139. The van der Waals surface area contributed by atoms with Gasteiger partial charge in [0.2, 0.25) is 0 Å². The van der Waals surface area contributed by atoms with Crippen molar-refractivity contribution in [3.63, 3.8) is 0 Å². The Hall–Kier alpha value is -2.88. The van der Waals surface area contributed by atoms with E-state index in [9.17, 15) is 18.0 Å². The topological polar surface area (TPSA) is 113 Å². The first-order valence-corrected chi connectivity index (χ1v) is 8.81. The highest BCUT2D eigenvalue weighted by Gasteiger charge is 2.35. The van der Waals surface area contributed by atoms with E-state index >= 15 is 0 Å². The molecule has 0 saturated carbocycles. The number of aromatic nitrogens is 2. The maximum atomic E-state index is 13.6. The van der Waals surface area contributed by atoms with E-state index in [1.165, 1.54) is 24.4 Å². The molecule has 10 heteroatoms. The number of hydrogen-bond acceptors (Lipinski definition) is 6. The zero-order valence-corrected chi connectivity index (χ0v) is 16.3. The Morgan fingerprint density at radius 2 is 1.93 bits per heavy atom. The van der Waals surface area contributed by atoms with E-state index in [-0.39, 0.29) is 35.5 Å². The highest BCUT2D eigenvalue weighted by atomic mass is 19.4. The molecule has 2 rings (SSSR count). The van der Waals surface area contributed by atoms with Gasteiger partial charge in [0.25, 0.3) is 0 Å². The van der Waals surface area contributed by atoms with Gasteiger partial charge in [-0.1, -0.05) is 13.8 Å². The van der Waals surface area contributed by atoms with Gasteiger partial charge in [-0.2, -0.15) is 18.2 Å². The van der Waals surface area contributed by atoms with Crippen molar-refractivity contribution in [1.82, 2.24) is 9.97 Å². The first-order chi connectivity index (χ1) is 13.4. The molecular formula is C19H23F3N4O3. The van der Waals surface area contributed by atoms with Crippen LogP contribution in [0, 0.1) is 5.92 Å². The SMILES string of the molecule is CC(C)C[C@](C)(N)COc1ccc(-c2ccnc(OC(N)=O)n2)cc1C(F)(F)F. The quantitative estimate of drug-likeness (QED) is 0.716. The summed E-state index contributed by atoms with van der Waals surface area (Å²) in [5, 5.41) is 0. The molecule has 2 aromatic rings. The molecule has 1 aromatic heterocycles. The molecule has 1 aromatic carbocycles. The van der Waals surface area contributed by atoms with Crippen molar-refractivity contribution in [2.45, 2.75) is 38.9 Å². The standard InChI is InChI=1S/C19H23F3N4O3/c1-11(2)9-18(3,24)10-28-15-5-4-12(8-13(15)19(20,21)22)14-6-7-25-17(26-14)29-16(23)27/h4-8,11H,9-10,24H2,1-3H3,(H2,23,27)/t18-/m0/s1. The number of benzene rings is 1. The van der Waals surface area contributed by atoms with E-state index in [2.05, 4.69) is 14.7 Å². The lowest BCUT2D eigenvalue weighted by atomic mass is 9.93. The molecule has 0 aliphatic rings. The van der Waals surface area contributed by atoms with Crippen molar-refractivity contribution in [3.05, 3.63) is 36.0 Å². The Bertz CT molecular complexity index is 870. The molecule has 7 nitrogen and oxygen atoms in total. The van der Waals surface area contributed by atoms with Crippen molar-refractivity contribution in [2.75, 3.05) is 6.61 Å². The average molecular weight is 412 g/mol. The smallest absolute Gasteiger partial charge is 0.419 e. The minimum Gasteiger partial charge on any atom is -0.491 e. The van der Waals surface area contributed by atoms with Gasteiger partial charge in [0.05, 0.1) is 11.3 Å². The van der Waals surface area contributed by atoms with E-state index in [1.807, 2.05) is 13.8 Å². The molecule has 0 saturated heterocycles. The van der Waals surface area contributed by atoms with E-state index in [1.54, 1.807) is 6.92 Å². The van der Waals surface area contributed by atoms with Gasteiger partial charge in [-0.3, -0.25) is 0 Å². The zero-order chi connectivity index (χ0) is 21.8. The summed E-state index contributed by atoms with van der Waals surface area (Å²) in [7, 11) is 0. The summed E-state index contributed by atoms with van der Waals surface area (Å²) >= 11 is 0. The summed E-state index contributed by atoms with van der Waals surface area (Å²) in [6.45, 7) is 5.60. The summed E-state index contributed by atoms with van der Waals surface area (Å²) in [6.07, 6.45) is -3.96. The second-order valence-electron chi connectivity index (χ2n) is 7.39. The fourth-order valence-corrected chi connectivity index (χ4v) is 2.91. The highest BCUT2D eigenvalue weighted by Crippen LogP contribution is 2.39. The highest BCUT2D eigenvalue weighted by molar-refractivity contribution is 5.67. The molecular weight excluding hydrogens is 389 g/mol. The van der Waals surface area contributed by atoms with Crippen molar-refractivity contribution >= 4 is 6.09 Å². The van der Waals surface area contributed by atoms with Crippen LogP contribution >= 0.6 is 0 Å². The molecule has 0 unspecified atom stereocenters. The van der Waals surface area contributed by atoms with Crippen LogP contribution in [-0.4, -0.2) is 28.2 Å². The Morgan fingerprint density at radius 3 is 2.52 bits per heavy atom. The number of halogens is 3. The molecule has 0 fully saturated rings. The molecule has 4 N–H and O–H groups in total. The monoisotopic (exact) mass is 412 g/mol. The largest absolute Gasteiger partial charge is 0.491 e. The lowest BCUT2D eigenvalue weighted by Gasteiger charge is -2.27. The first kappa shape index (κ1) is 22.4. The number of nitrogens with two attached hydrogens (primary N) is 2. The van der Waals surface area contributed by atoms with Crippen LogP contribution in [0.3, 0.4) is 0 Å². The van der Waals surface area contributed by atoms with Crippen molar-refractivity contribution in [1.29, 1.82) is 0 Å². The summed E-state index contributed by atoms with van der Waals surface area (Å²) in [5.74, 6) is -0.0583. The summed E-state index contributed by atoms with van der Waals surface area (Å²) in [6, 6.07) is 4.54. The molecule has 29 heavy (non-hydrogen) atoms. The molecule has 1 amide bonds. The number of rotatable bonds is 7. The predicted octanol–water partition coefficient (Wildman–Crippen LogP) is 3.76. The number of nitrogens with zero attached hydrogens (tertiary/aromatic N) is 2. The van der Waals surface area contributed by atoms with Crippen molar-refractivity contribution < 1.29 is 27.4 Å². The van der Waals surface area contributed by atoms with Crippen molar-refractivity contribution in [3.8, 4) is 23.0 Å². The molecule has 0 aliphatic heterocycles. The molecule has 0 aliphatic carbocycles. The number of alkyl halides is 3. The van der Waals surface area contributed by atoms with Gasteiger partial charge in [0.15, 0.2) is 0 Å². The molecule has 0 radical (unpaired) electrons. The van der Waals surface area contributed by atoms with Gasteiger partial charge in [0.1, 0.15) is 12.4 Å². The summed E-state index contributed by atoms with van der Waals surface area (Å²) in [4.78, 5) is 18.4. The normalized spacial score (nSPS) is 13.8. The summed E-state index contributed by atoms with van der Waals surface area (Å²) < 4.78 is 50.8. The molecule has 0 spiro atoms. The number of amides is 1. The molecule has 1 heterocycles. The third-order valence-electron chi connectivity index (χ3n) is 3.84. The Labute approximate surface area is 166 Å². The zero-order valence-electron chi connectivity index (χ0n) is 16.3. The van der Waals surface area contributed by atoms with Gasteiger partial charge in [-0.25, -0.2) is 9.78 Å². The molecule has 158 valence electrons. The maximum absolute atomic E-state index is 13.6. The number of carbonyl (C=O) groups is 1. The van der Waals surface area contributed by atoms with Crippen LogP contribution in [0.4, 0.5) is 18.0 Å². The van der Waals surface area contributed by atoms with Gasteiger partial charge in [-0.15, -0.1) is 0 Å². The second-order valence-corrected chi connectivity index (χ2v) is 7.39. The number of ether oxygens (including phenoxy) is 2. The fraction of sp³-hybridized carbons (Fsp3) is 0.421. The minimum absolute atomic E-state index is 0.0717. The minimum atomic E-state index is -4.66. The molecule has 0 bridgehead atoms. The van der Waals surface area contributed by atoms with Crippen LogP contribution in [0.15, 0.2) is 30.5 Å². The Balaban J connectivity index is 2.34. The number of primary amides is 1. The third-order valence-corrected chi connectivity index (χ3v) is 3.84. The van der Waals surface area contributed by atoms with E-state index in [0.717, 1.165) is 6.07 Å². The van der Waals surface area contributed by atoms with Crippen LogP contribution in [0.2, 0.25) is 0 Å². The second kappa shape index (κ2) is 8.64. The predicted molar refractivity (Wildman–Crippen MR) is 100 cm³/mol. The third kappa shape index (κ3) is 6.60. The Kier molecular flexibility index (Phi) is 6.68. The van der Waals surface area contributed by atoms with Crippen LogP contribution in [-0.2, 0) is 6.18 Å². The van der Waals surface area contributed by atoms with Gasteiger partial charge >= 0.3 is 18.3 Å². The van der Waals surface area contributed by atoms with E-state index < -0.39 is 23.4 Å². The van der Waals surface area contributed by atoms with Crippen molar-refractivity contribution in [2.24, 2.45) is 17.4 Å². The van der Waals surface area contributed by atoms with Crippen LogP contribution in [0.5, 0.6) is 11.8 Å². The summed E-state index contributed by atoms with van der Waals surface area (Å²) in [5.41, 5.74) is 9.54. The van der Waals surface area contributed by atoms with E-state index in [4.69, 9.17) is 16.2 Å². The van der Waals surface area contributed by atoms with Gasteiger partial charge < -0.3 is 20.9 Å². The van der Waals surface area contributed by atoms with Crippen LogP contribution in [0.1, 0.15) is 32.8 Å².